The highest BCUT2D eigenvalue weighted by molar-refractivity contribution is 5.88. The van der Waals surface area contributed by atoms with Crippen molar-refractivity contribution < 1.29 is 14.7 Å². The topological polar surface area (TPSA) is 75.4 Å². The van der Waals surface area contributed by atoms with E-state index < -0.39 is 5.97 Å². The molecule has 6 heteroatoms. The summed E-state index contributed by atoms with van der Waals surface area (Å²) in [5.41, 5.74) is 2.29. The number of carbonyl (C=O) groups is 2. The second-order valence-corrected chi connectivity index (χ2v) is 5.06. The first-order chi connectivity index (χ1) is 10.1. The molecule has 0 fully saturated rings. The Bertz CT molecular complexity index is 679. The molecule has 0 aliphatic carbocycles. The molecule has 6 nitrogen and oxygen atoms in total. The maximum absolute atomic E-state index is 12.2. The van der Waals surface area contributed by atoms with Crippen LogP contribution in [-0.4, -0.2) is 38.2 Å². The third kappa shape index (κ3) is 2.79. The molecule has 0 spiro atoms. The van der Waals surface area contributed by atoms with Gasteiger partial charge in [-0.05, 0) is 35.7 Å². The maximum atomic E-state index is 12.2. The predicted molar refractivity (Wildman–Crippen MR) is 74.7 cm³/mol. The predicted octanol–water partition coefficient (Wildman–Crippen LogP) is 1.17. The lowest BCUT2D eigenvalue weighted by Crippen LogP contribution is -2.38. The van der Waals surface area contributed by atoms with Crippen molar-refractivity contribution >= 4 is 11.9 Å². The van der Waals surface area contributed by atoms with Gasteiger partial charge in [0, 0.05) is 25.5 Å². The van der Waals surface area contributed by atoms with E-state index >= 15 is 0 Å². The van der Waals surface area contributed by atoms with Crippen LogP contribution in [-0.2, 0) is 24.3 Å². The van der Waals surface area contributed by atoms with Gasteiger partial charge in [-0.1, -0.05) is 6.07 Å². The lowest BCUT2D eigenvalue weighted by Gasteiger charge is -2.29. The number of amides is 1. The van der Waals surface area contributed by atoms with E-state index in [4.69, 9.17) is 5.11 Å². The number of benzene rings is 1. The van der Waals surface area contributed by atoms with Gasteiger partial charge in [0.25, 0.3) is 0 Å². The third-order valence-electron chi connectivity index (χ3n) is 3.67. The van der Waals surface area contributed by atoms with Crippen LogP contribution in [0, 0.1) is 0 Å². The molecular formula is C15H15N3O3. The van der Waals surface area contributed by atoms with Gasteiger partial charge in [-0.2, -0.15) is 5.10 Å². The molecule has 0 atom stereocenters. The van der Waals surface area contributed by atoms with E-state index in [0.717, 1.165) is 17.5 Å². The van der Waals surface area contributed by atoms with Crippen LogP contribution < -0.4 is 0 Å². The van der Waals surface area contributed by atoms with Gasteiger partial charge in [-0.15, -0.1) is 0 Å². The Balaban J connectivity index is 1.75. The summed E-state index contributed by atoms with van der Waals surface area (Å²) in [7, 11) is 0. The van der Waals surface area contributed by atoms with Crippen LogP contribution in [0.2, 0.25) is 0 Å². The number of nitrogens with zero attached hydrogens (tertiary/aromatic N) is 3. The fraction of sp³-hybridized carbons (Fsp3) is 0.267. The summed E-state index contributed by atoms with van der Waals surface area (Å²) in [5.74, 6) is -0.956. The molecule has 1 N–H and O–H groups in total. The SMILES string of the molecule is O=C(O)c1ccc2c(c1)CN(C(=O)Cn1cccn1)CC2. The number of fused-ring (bicyclic) bond motifs is 1. The van der Waals surface area contributed by atoms with Gasteiger partial charge in [-0.25, -0.2) is 4.79 Å². The number of hydrogen-bond acceptors (Lipinski definition) is 3. The number of carboxylic acids is 1. The average molecular weight is 285 g/mol. The van der Waals surface area contributed by atoms with E-state index in [1.165, 1.54) is 0 Å². The highest BCUT2D eigenvalue weighted by Gasteiger charge is 2.21. The Morgan fingerprint density at radius 1 is 1.29 bits per heavy atom. The zero-order chi connectivity index (χ0) is 14.8. The zero-order valence-corrected chi connectivity index (χ0v) is 11.4. The molecule has 1 aliphatic heterocycles. The summed E-state index contributed by atoms with van der Waals surface area (Å²) >= 11 is 0. The first-order valence-corrected chi connectivity index (χ1v) is 6.74. The van der Waals surface area contributed by atoms with Crippen LogP contribution in [0.4, 0.5) is 0 Å². The summed E-state index contributed by atoms with van der Waals surface area (Å²) < 4.78 is 1.59. The average Bonchev–Trinajstić information content (AvgIpc) is 2.98. The van der Waals surface area contributed by atoms with Crippen LogP contribution in [0.15, 0.2) is 36.7 Å². The highest BCUT2D eigenvalue weighted by atomic mass is 16.4. The normalized spacial score (nSPS) is 13.8. The molecule has 0 saturated carbocycles. The second-order valence-electron chi connectivity index (χ2n) is 5.06. The Morgan fingerprint density at radius 2 is 2.14 bits per heavy atom. The van der Waals surface area contributed by atoms with Gasteiger partial charge in [0.05, 0.1) is 5.56 Å². The van der Waals surface area contributed by atoms with Crippen molar-refractivity contribution in [1.82, 2.24) is 14.7 Å². The number of hydrogen-bond donors (Lipinski definition) is 1. The number of rotatable bonds is 3. The molecule has 3 rings (SSSR count). The molecule has 0 bridgehead atoms. The summed E-state index contributed by atoms with van der Waals surface area (Å²) in [6.07, 6.45) is 4.14. The van der Waals surface area contributed by atoms with Crippen molar-refractivity contribution in [2.24, 2.45) is 0 Å². The Kier molecular flexibility index (Phi) is 3.43. The van der Waals surface area contributed by atoms with Gasteiger partial charge in [-0.3, -0.25) is 9.48 Å². The largest absolute Gasteiger partial charge is 0.478 e. The number of aromatic carboxylic acids is 1. The highest BCUT2D eigenvalue weighted by Crippen LogP contribution is 2.20. The van der Waals surface area contributed by atoms with Crippen molar-refractivity contribution in [3.05, 3.63) is 53.3 Å². The number of aromatic nitrogens is 2. The van der Waals surface area contributed by atoms with E-state index in [1.807, 2.05) is 6.07 Å². The summed E-state index contributed by atoms with van der Waals surface area (Å²) in [6.45, 7) is 1.32. The third-order valence-corrected chi connectivity index (χ3v) is 3.67. The molecular weight excluding hydrogens is 270 g/mol. The van der Waals surface area contributed by atoms with Crippen molar-refractivity contribution in [3.63, 3.8) is 0 Å². The molecule has 1 aromatic carbocycles. The van der Waals surface area contributed by atoms with Crippen LogP contribution >= 0.6 is 0 Å². The minimum atomic E-state index is -0.946. The molecule has 1 aliphatic rings. The Hall–Kier alpha value is -2.63. The minimum absolute atomic E-state index is 0.00919. The van der Waals surface area contributed by atoms with E-state index in [2.05, 4.69) is 5.10 Å². The van der Waals surface area contributed by atoms with Crippen molar-refractivity contribution in [2.75, 3.05) is 6.54 Å². The first-order valence-electron chi connectivity index (χ1n) is 6.74. The minimum Gasteiger partial charge on any atom is -0.478 e. The summed E-state index contributed by atoms with van der Waals surface area (Å²) in [6, 6.07) is 6.89. The molecule has 2 heterocycles. The molecule has 0 radical (unpaired) electrons. The van der Waals surface area contributed by atoms with Crippen LogP contribution in [0.5, 0.6) is 0 Å². The van der Waals surface area contributed by atoms with E-state index in [0.29, 0.717) is 13.1 Å². The first kappa shape index (κ1) is 13.4. The van der Waals surface area contributed by atoms with Gasteiger partial charge in [0.15, 0.2) is 0 Å². The van der Waals surface area contributed by atoms with Gasteiger partial charge >= 0.3 is 5.97 Å². The van der Waals surface area contributed by atoms with Crippen molar-refractivity contribution in [2.45, 2.75) is 19.5 Å². The van der Waals surface area contributed by atoms with Gasteiger partial charge in [0.1, 0.15) is 6.54 Å². The fourth-order valence-electron chi connectivity index (χ4n) is 2.54. The quantitative estimate of drug-likeness (QED) is 0.918. The Morgan fingerprint density at radius 3 is 2.86 bits per heavy atom. The van der Waals surface area contributed by atoms with Crippen LogP contribution in [0.3, 0.4) is 0 Å². The number of carbonyl (C=O) groups excluding carboxylic acids is 1. The second kappa shape index (κ2) is 5.40. The molecule has 1 amide bonds. The molecule has 108 valence electrons. The van der Waals surface area contributed by atoms with E-state index in [1.54, 1.807) is 40.2 Å². The molecule has 1 aromatic heterocycles. The lowest BCUT2D eigenvalue weighted by molar-refractivity contribution is -0.133. The van der Waals surface area contributed by atoms with Crippen LogP contribution in [0.25, 0.3) is 0 Å². The molecule has 0 saturated heterocycles. The van der Waals surface area contributed by atoms with Gasteiger partial charge < -0.3 is 10.0 Å². The van der Waals surface area contributed by atoms with E-state index in [9.17, 15) is 9.59 Å². The van der Waals surface area contributed by atoms with Crippen molar-refractivity contribution in [1.29, 1.82) is 0 Å². The Labute approximate surface area is 121 Å². The monoisotopic (exact) mass is 285 g/mol. The molecule has 21 heavy (non-hydrogen) atoms. The summed E-state index contributed by atoms with van der Waals surface area (Å²) in [5, 5.41) is 13.1. The number of carboxylic acid groups (broad SMARTS) is 1. The smallest absolute Gasteiger partial charge is 0.335 e. The van der Waals surface area contributed by atoms with Crippen LogP contribution in [0.1, 0.15) is 21.5 Å². The maximum Gasteiger partial charge on any atom is 0.335 e. The zero-order valence-electron chi connectivity index (χ0n) is 11.4. The van der Waals surface area contributed by atoms with Crippen molar-refractivity contribution in [3.8, 4) is 0 Å². The molecule has 2 aromatic rings. The van der Waals surface area contributed by atoms with Gasteiger partial charge in [0.2, 0.25) is 5.91 Å². The van der Waals surface area contributed by atoms with E-state index in [-0.39, 0.29) is 18.0 Å². The lowest BCUT2D eigenvalue weighted by atomic mass is 9.97. The summed E-state index contributed by atoms with van der Waals surface area (Å²) in [4.78, 5) is 25.0. The standard InChI is InChI=1S/C15H15N3O3/c19-14(10-18-6-1-5-16-18)17-7-4-11-2-3-12(15(20)21)8-13(11)9-17/h1-3,5-6,8H,4,7,9-10H2,(H,20,21). The fourth-order valence-corrected chi connectivity index (χ4v) is 2.54. The molecule has 0 unspecified atom stereocenters.